The Morgan fingerprint density at radius 3 is 2.56 bits per heavy atom. The van der Waals surface area contributed by atoms with Crippen molar-refractivity contribution in [2.24, 2.45) is 17.1 Å². The molecule has 1 aliphatic carbocycles. The lowest BCUT2D eigenvalue weighted by molar-refractivity contribution is -0.121. The first-order valence-corrected chi connectivity index (χ1v) is 6.50. The highest BCUT2D eigenvalue weighted by Crippen LogP contribution is 2.28. The van der Waals surface area contributed by atoms with Crippen molar-refractivity contribution >= 4 is 5.91 Å². The Balaban J connectivity index is 2.10. The van der Waals surface area contributed by atoms with E-state index >= 15 is 0 Å². The van der Waals surface area contributed by atoms with Gasteiger partial charge < -0.3 is 11.1 Å². The van der Waals surface area contributed by atoms with Crippen LogP contribution < -0.4 is 11.1 Å². The number of hydrogen-bond donors (Lipinski definition) is 2. The molecule has 0 aromatic heterocycles. The maximum absolute atomic E-state index is 11.6. The summed E-state index contributed by atoms with van der Waals surface area (Å²) >= 11 is 0. The molecular weight excluding hydrogens is 200 g/mol. The molecule has 0 saturated heterocycles. The van der Waals surface area contributed by atoms with Crippen LogP contribution in [0.3, 0.4) is 0 Å². The Hall–Kier alpha value is -0.570. The molecule has 1 aliphatic rings. The second-order valence-corrected chi connectivity index (χ2v) is 5.83. The van der Waals surface area contributed by atoms with Crippen LogP contribution in [0.2, 0.25) is 0 Å². The van der Waals surface area contributed by atoms with E-state index in [0.717, 1.165) is 12.3 Å². The minimum absolute atomic E-state index is 0.0169. The molecule has 0 atom stereocenters. The highest BCUT2D eigenvalue weighted by atomic mass is 16.1. The molecule has 3 N–H and O–H groups in total. The van der Waals surface area contributed by atoms with Crippen molar-refractivity contribution in [1.29, 1.82) is 0 Å². The van der Waals surface area contributed by atoms with Crippen LogP contribution >= 0.6 is 0 Å². The predicted octanol–water partition coefficient (Wildman–Crippen LogP) is 2.06. The third-order valence-electron chi connectivity index (χ3n) is 3.57. The minimum Gasteiger partial charge on any atom is -0.356 e. The Kier molecular flexibility index (Phi) is 5.26. The Labute approximate surface area is 99.2 Å². The Morgan fingerprint density at radius 2 is 2.00 bits per heavy atom. The zero-order valence-electron chi connectivity index (χ0n) is 10.7. The van der Waals surface area contributed by atoms with Crippen molar-refractivity contribution < 1.29 is 4.79 Å². The molecule has 0 heterocycles. The van der Waals surface area contributed by atoms with E-state index in [9.17, 15) is 4.79 Å². The summed E-state index contributed by atoms with van der Waals surface area (Å²) in [5, 5.41) is 2.98. The molecule has 16 heavy (non-hydrogen) atoms. The van der Waals surface area contributed by atoms with E-state index in [-0.39, 0.29) is 11.3 Å². The third-order valence-corrected chi connectivity index (χ3v) is 3.57. The standard InChI is InChI=1S/C13H26N2O/c1-13(2,9-14)10-15-12(16)8-7-11-5-3-4-6-11/h11H,3-10,14H2,1-2H3,(H,15,16). The van der Waals surface area contributed by atoms with Crippen LogP contribution in [0.25, 0.3) is 0 Å². The molecule has 1 fully saturated rings. The molecule has 0 bridgehead atoms. The van der Waals surface area contributed by atoms with E-state index in [1.54, 1.807) is 0 Å². The summed E-state index contributed by atoms with van der Waals surface area (Å²) in [4.78, 5) is 11.6. The van der Waals surface area contributed by atoms with Gasteiger partial charge in [-0.2, -0.15) is 0 Å². The fourth-order valence-corrected chi connectivity index (χ4v) is 2.13. The zero-order valence-corrected chi connectivity index (χ0v) is 10.7. The Morgan fingerprint density at radius 1 is 1.38 bits per heavy atom. The van der Waals surface area contributed by atoms with Gasteiger partial charge in [0.15, 0.2) is 0 Å². The number of rotatable bonds is 6. The second-order valence-electron chi connectivity index (χ2n) is 5.83. The Bertz CT molecular complexity index is 220. The van der Waals surface area contributed by atoms with E-state index in [1.807, 2.05) is 0 Å². The number of carbonyl (C=O) groups excluding carboxylic acids is 1. The largest absolute Gasteiger partial charge is 0.356 e. The maximum Gasteiger partial charge on any atom is 0.220 e. The van der Waals surface area contributed by atoms with Gasteiger partial charge >= 0.3 is 0 Å². The number of carbonyl (C=O) groups is 1. The van der Waals surface area contributed by atoms with E-state index in [2.05, 4.69) is 19.2 Å². The fraction of sp³-hybridized carbons (Fsp3) is 0.923. The number of hydrogen-bond acceptors (Lipinski definition) is 2. The van der Waals surface area contributed by atoms with E-state index in [1.165, 1.54) is 25.7 Å². The molecule has 3 nitrogen and oxygen atoms in total. The van der Waals surface area contributed by atoms with Gasteiger partial charge in [-0.25, -0.2) is 0 Å². The van der Waals surface area contributed by atoms with Crippen molar-refractivity contribution in [3.05, 3.63) is 0 Å². The molecule has 94 valence electrons. The first-order valence-electron chi connectivity index (χ1n) is 6.50. The molecule has 1 saturated carbocycles. The van der Waals surface area contributed by atoms with Crippen LogP contribution in [0.5, 0.6) is 0 Å². The summed E-state index contributed by atoms with van der Waals surface area (Å²) in [5.74, 6) is 0.988. The first-order chi connectivity index (χ1) is 7.53. The van der Waals surface area contributed by atoms with Crippen molar-refractivity contribution in [3.63, 3.8) is 0 Å². The van der Waals surface area contributed by atoms with Crippen LogP contribution in [0.4, 0.5) is 0 Å². The number of nitrogens with two attached hydrogens (primary N) is 1. The molecular formula is C13H26N2O. The summed E-state index contributed by atoms with van der Waals surface area (Å²) in [6, 6.07) is 0. The van der Waals surface area contributed by atoms with Gasteiger partial charge in [-0.15, -0.1) is 0 Å². The van der Waals surface area contributed by atoms with Crippen LogP contribution in [0.15, 0.2) is 0 Å². The number of amides is 1. The van der Waals surface area contributed by atoms with Gasteiger partial charge in [0.25, 0.3) is 0 Å². The smallest absolute Gasteiger partial charge is 0.220 e. The van der Waals surface area contributed by atoms with Gasteiger partial charge in [-0.3, -0.25) is 4.79 Å². The van der Waals surface area contributed by atoms with Crippen LogP contribution in [0.1, 0.15) is 52.4 Å². The monoisotopic (exact) mass is 226 g/mol. The molecule has 3 heteroatoms. The molecule has 0 aromatic rings. The zero-order chi connectivity index (χ0) is 12.0. The lowest BCUT2D eigenvalue weighted by Crippen LogP contribution is -2.38. The summed E-state index contributed by atoms with van der Waals surface area (Å²) in [7, 11) is 0. The molecule has 0 aromatic carbocycles. The van der Waals surface area contributed by atoms with Gasteiger partial charge in [-0.05, 0) is 24.3 Å². The lowest BCUT2D eigenvalue weighted by atomic mass is 9.94. The molecule has 0 unspecified atom stereocenters. The van der Waals surface area contributed by atoms with Gasteiger partial charge in [-0.1, -0.05) is 39.5 Å². The molecule has 1 amide bonds. The highest BCUT2D eigenvalue weighted by molar-refractivity contribution is 5.75. The predicted molar refractivity (Wildman–Crippen MR) is 67.0 cm³/mol. The maximum atomic E-state index is 11.6. The van der Waals surface area contributed by atoms with E-state index in [4.69, 9.17) is 5.73 Å². The second kappa shape index (κ2) is 6.24. The SMILES string of the molecule is CC(C)(CN)CNC(=O)CCC1CCCC1. The van der Waals surface area contributed by atoms with Gasteiger partial charge in [0, 0.05) is 13.0 Å². The first kappa shape index (κ1) is 13.5. The van der Waals surface area contributed by atoms with E-state index in [0.29, 0.717) is 19.5 Å². The number of nitrogens with one attached hydrogen (secondary N) is 1. The molecule has 0 radical (unpaired) electrons. The normalized spacial score (nSPS) is 17.7. The van der Waals surface area contributed by atoms with Crippen molar-refractivity contribution in [1.82, 2.24) is 5.32 Å². The molecule has 0 spiro atoms. The van der Waals surface area contributed by atoms with Crippen LogP contribution in [-0.2, 0) is 4.79 Å². The van der Waals surface area contributed by atoms with Crippen LogP contribution in [-0.4, -0.2) is 19.0 Å². The van der Waals surface area contributed by atoms with Crippen molar-refractivity contribution in [2.45, 2.75) is 52.4 Å². The summed E-state index contributed by atoms with van der Waals surface area (Å²) < 4.78 is 0. The summed E-state index contributed by atoms with van der Waals surface area (Å²) in [5.41, 5.74) is 5.63. The van der Waals surface area contributed by atoms with Crippen molar-refractivity contribution in [3.8, 4) is 0 Å². The average molecular weight is 226 g/mol. The lowest BCUT2D eigenvalue weighted by Gasteiger charge is -2.22. The minimum atomic E-state index is 0.0169. The summed E-state index contributed by atoms with van der Waals surface area (Å²) in [6.07, 6.45) is 7.10. The molecule has 1 rings (SSSR count). The quantitative estimate of drug-likeness (QED) is 0.728. The third kappa shape index (κ3) is 4.97. The van der Waals surface area contributed by atoms with Gasteiger partial charge in [0.1, 0.15) is 0 Å². The topological polar surface area (TPSA) is 55.1 Å². The van der Waals surface area contributed by atoms with Crippen molar-refractivity contribution in [2.75, 3.05) is 13.1 Å². The van der Waals surface area contributed by atoms with Crippen LogP contribution in [0, 0.1) is 11.3 Å². The summed E-state index contributed by atoms with van der Waals surface area (Å²) in [6.45, 7) is 5.44. The molecule has 0 aliphatic heterocycles. The average Bonchev–Trinajstić information content (AvgIpc) is 2.76. The fourth-order valence-electron chi connectivity index (χ4n) is 2.13. The van der Waals surface area contributed by atoms with Gasteiger partial charge in [0.2, 0.25) is 5.91 Å². The highest BCUT2D eigenvalue weighted by Gasteiger charge is 2.18. The van der Waals surface area contributed by atoms with E-state index < -0.39 is 0 Å². The van der Waals surface area contributed by atoms with Gasteiger partial charge in [0.05, 0.1) is 0 Å².